The molecule has 0 aliphatic heterocycles. The van der Waals surface area contributed by atoms with Crippen molar-refractivity contribution in [3.05, 3.63) is 175 Å². The van der Waals surface area contributed by atoms with E-state index in [0.717, 1.165) is 11.4 Å². The molecule has 9 rings (SSSR count). The smallest absolute Gasteiger partial charge is 0.0540 e. The van der Waals surface area contributed by atoms with E-state index in [1.54, 1.807) is 0 Å². The van der Waals surface area contributed by atoms with Crippen LogP contribution in [-0.2, 0) is 5.41 Å². The van der Waals surface area contributed by atoms with Crippen molar-refractivity contribution in [2.24, 2.45) is 0 Å². The molecule has 0 saturated heterocycles. The van der Waals surface area contributed by atoms with E-state index in [9.17, 15) is 0 Å². The minimum Gasteiger partial charge on any atom is -0.310 e. The molecule has 1 aliphatic rings. The highest BCUT2D eigenvalue weighted by molar-refractivity contribution is 6.19. The molecule has 0 heterocycles. The monoisotopic (exact) mass is 587 g/mol. The maximum Gasteiger partial charge on any atom is 0.0540 e. The Morgan fingerprint density at radius 3 is 1.93 bits per heavy atom. The summed E-state index contributed by atoms with van der Waals surface area (Å²) in [6.45, 7) is 4.71. The van der Waals surface area contributed by atoms with Crippen molar-refractivity contribution in [2.45, 2.75) is 19.3 Å². The molecule has 0 saturated carbocycles. The SMILES string of the molecule is CC1(C)c2ccccc2-c2ccc(N(c3cccc(-c4ccccc4)c3)c3cccc4c3ccc3c5ccccc5ccc43)cc21. The van der Waals surface area contributed by atoms with Crippen LogP contribution in [0.4, 0.5) is 17.1 Å². The third-order valence-corrected chi connectivity index (χ3v) is 10.0. The van der Waals surface area contributed by atoms with Gasteiger partial charge in [0, 0.05) is 22.2 Å². The van der Waals surface area contributed by atoms with Crippen molar-refractivity contribution >= 4 is 49.4 Å². The highest BCUT2D eigenvalue weighted by atomic mass is 15.1. The fraction of sp³-hybridized carbons (Fsp3) is 0.0667. The van der Waals surface area contributed by atoms with Crippen LogP contribution in [0, 0.1) is 0 Å². The maximum atomic E-state index is 2.46. The van der Waals surface area contributed by atoms with Gasteiger partial charge in [-0.05, 0) is 90.6 Å². The van der Waals surface area contributed by atoms with Gasteiger partial charge in [-0.1, -0.05) is 147 Å². The van der Waals surface area contributed by atoms with Crippen LogP contribution < -0.4 is 4.90 Å². The van der Waals surface area contributed by atoms with Crippen LogP contribution in [-0.4, -0.2) is 0 Å². The van der Waals surface area contributed by atoms with E-state index >= 15 is 0 Å². The van der Waals surface area contributed by atoms with Crippen LogP contribution in [0.3, 0.4) is 0 Å². The predicted octanol–water partition coefficient (Wildman–Crippen LogP) is 12.6. The summed E-state index contributed by atoms with van der Waals surface area (Å²) in [5.41, 5.74) is 11.2. The average molecular weight is 588 g/mol. The zero-order valence-electron chi connectivity index (χ0n) is 26.0. The topological polar surface area (TPSA) is 3.24 Å². The van der Waals surface area contributed by atoms with Gasteiger partial charge < -0.3 is 4.90 Å². The minimum absolute atomic E-state index is 0.0878. The van der Waals surface area contributed by atoms with Crippen LogP contribution in [0.2, 0.25) is 0 Å². The standard InChI is InChI=1S/C45H33N/c1-45(2)42-20-9-8-18-39(42)40-25-23-34(29-43(40)45)46(33-16-10-15-32(28-33)30-12-4-3-5-13-30)44-21-11-19-36-38-24-22-31-14-6-7-17-35(31)37(38)26-27-41(36)44/h3-29H,1-2H3. The summed E-state index contributed by atoms with van der Waals surface area (Å²) >= 11 is 0. The molecule has 0 spiro atoms. The Balaban J connectivity index is 1.30. The van der Waals surface area contributed by atoms with Gasteiger partial charge in [0.25, 0.3) is 0 Å². The molecule has 0 amide bonds. The van der Waals surface area contributed by atoms with Gasteiger partial charge in [-0.2, -0.15) is 0 Å². The second-order valence-electron chi connectivity index (χ2n) is 13.0. The fourth-order valence-electron chi connectivity index (χ4n) is 7.75. The number of hydrogen-bond acceptors (Lipinski definition) is 1. The first-order valence-corrected chi connectivity index (χ1v) is 16.1. The van der Waals surface area contributed by atoms with E-state index in [2.05, 4.69) is 183 Å². The number of fused-ring (bicyclic) bond motifs is 8. The second-order valence-corrected chi connectivity index (χ2v) is 13.0. The number of nitrogens with zero attached hydrogens (tertiary/aromatic N) is 1. The second kappa shape index (κ2) is 10.2. The molecule has 0 radical (unpaired) electrons. The lowest BCUT2D eigenvalue weighted by atomic mass is 9.82. The highest BCUT2D eigenvalue weighted by Crippen LogP contribution is 2.51. The first-order valence-electron chi connectivity index (χ1n) is 16.1. The van der Waals surface area contributed by atoms with E-state index in [4.69, 9.17) is 0 Å². The first kappa shape index (κ1) is 26.7. The molecule has 1 heteroatoms. The minimum atomic E-state index is -0.0878. The highest BCUT2D eigenvalue weighted by Gasteiger charge is 2.35. The van der Waals surface area contributed by atoms with Gasteiger partial charge in [0.2, 0.25) is 0 Å². The van der Waals surface area contributed by atoms with Crippen molar-refractivity contribution in [1.82, 2.24) is 0 Å². The normalized spacial score (nSPS) is 13.2. The summed E-state index contributed by atoms with van der Waals surface area (Å²) in [4.78, 5) is 2.46. The quantitative estimate of drug-likeness (QED) is 0.185. The van der Waals surface area contributed by atoms with Crippen molar-refractivity contribution in [1.29, 1.82) is 0 Å². The van der Waals surface area contributed by atoms with Gasteiger partial charge in [0.15, 0.2) is 0 Å². The Morgan fingerprint density at radius 2 is 1.02 bits per heavy atom. The Bertz CT molecular complexity index is 2450. The zero-order chi connectivity index (χ0) is 30.8. The van der Waals surface area contributed by atoms with Gasteiger partial charge in [0.05, 0.1) is 5.69 Å². The lowest BCUT2D eigenvalue weighted by Gasteiger charge is -2.29. The van der Waals surface area contributed by atoms with Gasteiger partial charge in [0.1, 0.15) is 0 Å². The van der Waals surface area contributed by atoms with Crippen LogP contribution >= 0.6 is 0 Å². The molecule has 46 heavy (non-hydrogen) atoms. The van der Waals surface area contributed by atoms with Gasteiger partial charge in [-0.25, -0.2) is 0 Å². The molecule has 8 aromatic carbocycles. The summed E-state index contributed by atoms with van der Waals surface area (Å²) in [5.74, 6) is 0. The molecular weight excluding hydrogens is 555 g/mol. The van der Waals surface area contributed by atoms with Crippen LogP contribution in [0.15, 0.2) is 164 Å². The van der Waals surface area contributed by atoms with Crippen LogP contribution in [0.25, 0.3) is 54.6 Å². The summed E-state index contributed by atoms with van der Waals surface area (Å²) in [6.07, 6.45) is 0. The zero-order valence-corrected chi connectivity index (χ0v) is 26.0. The largest absolute Gasteiger partial charge is 0.310 e. The Morgan fingerprint density at radius 1 is 0.391 bits per heavy atom. The Hall–Kier alpha value is -5.66. The number of hydrogen-bond donors (Lipinski definition) is 0. The van der Waals surface area contributed by atoms with E-state index in [-0.39, 0.29) is 5.41 Å². The first-order chi connectivity index (χ1) is 22.6. The molecule has 0 unspecified atom stereocenters. The Kier molecular flexibility index (Phi) is 5.92. The van der Waals surface area contributed by atoms with Gasteiger partial charge >= 0.3 is 0 Å². The molecule has 1 nitrogen and oxygen atoms in total. The number of benzene rings is 8. The lowest BCUT2D eigenvalue weighted by Crippen LogP contribution is -2.16. The van der Waals surface area contributed by atoms with E-state index < -0.39 is 0 Å². The molecule has 0 bridgehead atoms. The predicted molar refractivity (Wildman–Crippen MR) is 197 cm³/mol. The number of anilines is 3. The molecule has 8 aromatic rings. The van der Waals surface area contributed by atoms with E-state index in [1.807, 2.05) is 0 Å². The third kappa shape index (κ3) is 4.02. The molecule has 218 valence electrons. The van der Waals surface area contributed by atoms with Crippen molar-refractivity contribution in [2.75, 3.05) is 4.90 Å². The molecule has 0 fully saturated rings. The van der Waals surface area contributed by atoms with Gasteiger partial charge in [-0.15, -0.1) is 0 Å². The van der Waals surface area contributed by atoms with Crippen molar-refractivity contribution in [3.63, 3.8) is 0 Å². The summed E-state index contributed by atoms with van der Waals surface area (Å²) in [7, 11) is 0. The van der Waals surface area contributed by atoms with E-state index in [1.165, 1.54) is 71.4 Å². The summed E-state index contributed by atoms with van der Waals surface area (Å²) < 4.78 is 0. The Labute approximate surface area is 270 Å². The maximum absolute atomic E-state index is 2.46. The van der Waals surface area contributed by atoms with Crippen molar-refractivity contribution in [3.8, 4) is 22.3 Å². The molecule has 0 aromatic heterocycles. The average Bonchev–Trinajstić information content (AvgIpc) is 3.34. The van der Waals surface area contributed by atoms with E-state index in [0.29, 0.717) is 0 Å². The summed E-state index contributed by atoms with van der Waals surface area (Å²) in [5, 5.41) is 7.63. The molecule has 0 N–H and O–H groups in total. The lowest BCUT2D eigenvalue weighted by molar-refractivity contribution is 0.660. The molecule has 0 atom stereocenters. The van der Waals surface area contributed by atoms with Crippen LogP contribution in [0.5, 0.6) is 0 Å². The van der Waals surface area contributed by atoms with Gasteiger partial charge in [-0.3, -0.25) is 0 Å². The van der Waals surface area contributed by atoms with Crippen molar-refractivity contribution < 1.29 is 0 Å². The summed E-state index contributed by atoms with van der Waals surface area (Å²) in [6, 6.07) is 60.2. The van der Waals surface area contributed by atoms with Crippen LogP contribution in [0.1, 0.15) is 25.0 Å². The fourth-order valence-corrected chi connectivity index (χ4v) is 7.75. The molecular formula is C45H33N. The molecule has 1 aliphatic carbocycles. The third-order valence-electron chi connectivity index (χ3n) is 10.0. The number of rotatable bonds is 4.